The van der Waals surface area contributed by atoms with Crippen LogP contribution >= 0.6 is 0 Å². The summed E-state index contributed by atoms with van der Waals surface area (Å²) in [5.74, 6) is -1.09. The van der Waals surface area contributed by atoms with Crippen LogP contribution in [0.15, 0.2) is 170 Å². The van der Waals surface area contributed by atoms with Crippen LogP contribution in [0.25, 0.3) is 11.1 Å². The number of ether oxygens (including phenoxy) is 1. The lowest BCUT2D eigenvalue weighted by molar-refractivity contribution is -0.127. The largest absolute Gasteiger partial charge is 0.504 e. The normalized spacial score (nSPS) is 12.6. The number of nitrogens with one attached hydrogen (secondary N) is 2. The molecular formula is C48H42N4O5. The van der Waals surface area contributed by atoms with Gasteiger partial charge in [0, 0.05) is 30.8 Å². The number of aromatic nitrogens is 2. The number of rotatable bonds is 13. The summed E-state index contributed by atoms with van der Waals surface area (Å²) in [6, 6.07) is 49.1. The van der Waals surface area contributed by atoms with E-state index in [-0.39, 0.29) is 37.0 Å². The van der Waals surface area contributed by atoms with Gasteiger partial charge in [-0.25, -0.2) is 9.78 Å². The Bertz CT molecular complexity index is 2310. The number of phenolic OH excluding ortho intramolecular Hbond substituents is 2. The molecule has 57 heavy (non-hydrogen) atoms. The van der Waals surface area contributed by atoms with Crippen LogP contribution in [0.3, 0.4) is 0 Å². The molecule has 7 aromatic rings. The molecule has 9 nitrogen and oxygen atoms in total. The molecule has 1 heterocycles. The molecule has 1 aromatic heterocycles. The van der Waals surface area contributed by atoms with E-state index in [0.717, 1.165) is 44.5 Å². The van der Waals surface area contributed by atoms with E-state index in [1.807, 2.05) is 115 Å². The Balaban J connectivity index is 1.27. The number of hydrogen-bond donors (Lipinski definition) is 4. The van der Waals surface area contributed by atoms with Gasteiger partial charge in [-0.15, -0.1) is 0 Å². The first-order valence-electron chi connectivity index (χ1n) is 19.0. The average molecular weight is 755 g/mol. The summed E-state index contributed by atoms with van der Waals surface area (Å²) in [6.07, 6.45) is 2.99. The minimum absolute atomic E-state index is 0.0422. The highest BCUT2D eigenvalue weighted by molar-refractivity contribution is 5.88. The summed E-state index contributed by atoms with van der Waals surface area (Å²) in [5, 5.41) is 23.1. The molecule has 1 atom stereocenters. The summed E-state index contributed by atoms with van der Waals surface area (Å²) >= 11 is 0. The molecular weight excluding hydrogens is 713 g/mol. The Morgan fingerprint density at radius 3 is 1.79 bits per heavy atom. The maximum Gasteiger partial charge on any atom is 0.411 e. The van der Waals surface area contributed by atoms with Crippen molar-refractivity contribution in [2.45, 2.75) is 30.3 Å². The van der Waals surface area contributed by atoms with Crippen LogP contribution in [0.2, 0.25) is 0 Å². The van der Waals surface area contributed by atoms with Gasteiger partial charge in [-0.1, -0.05) is 146 Å². The Morgan fingerprint density at radius 1 is 0.719 bits per heavy atom. The van der Waals surface area contributed by atoms with E-state index >= 15 is 4.79 Å². The van der Waals surface area contributed by atoms with E-state index in [9.17, 15) is 15.0 Å². The lowest BCUT2D eigenvalue weighted by Gasteiger charge is -2.47. The van der Waals surface area contributed by atoms with Crippen LogP contribution in [-0.2, 0) is 27.9 Å². The number of fused-ring (bicyclic) bond motifs is 3. The van der Waals surface area contributed by atoms with Crippen molar-refractivity contribution in [3.8, 4) is 22.6 Å². The summed E-state index contributed by atoms with van der Waals surface area (Å²) in [6.45, 7) is 0.233. The van der Waals surface area contributed by atoms with Gasteiger partial charge < -0.3 is 25.3 Å². The van der Waals surface area contributed by atoms with Crippen LogP contribution < -0.4 is 5.32 Å². The number of phenols is 2. The van der Waals surface area contributed by atoms with Gasteiger partial charge in [0.25, 0.3) is 0 Å². The number of benzene rings is 6. The third-order valence-corrected chi connectivity index (χ3v) is 10.8. The number of nitrogens with zero attached hydrogens (tertiary/aromatic N) is 2. The van der Waals surface area contributed by atoms with Crippen molar-refractivity contribution in [3.05, 3.63) is 209 Å². The van der Waals surface area contributed by atoms with Crippen molar-refractivity contribution in [1.29, 1.82) is 0 Å². The van der Waals surface area contributed by atoms with E-state index in [4.69, 9.17) is 4.74 Å². The van der Waals surface area contributed by atoms with Gasteiger partial charge in [-0.2, -0.15) is 0 Å². The second-order valence-electron chi connectivity index (χ2n) is 14.1. The van der Waals surface area contributed by atoms with E-state index < -0.39 is 23.6 Å². The Morgan fingerprint density at radius 2 is 1.26 bits per heavy atom. The van der Waals surface area contributed by atoms with Crippen molar-refractivity contribution in [1.82, 2.24) is 20.2 Å². The van der Waals surface area contributed by atoms with Crippen LogP contribution in [0.1, 0.15) is 45.0 Å². The molecule has 6 aromatic carbocycles. The first kappa shape index (κ1) is 36.8. The predicted octanol–water partition coefficient (Wildman–Crippen LogP) is 8.33. The fourth-order valence-corrected chi connectivity index (χ4v) is 8.20. The Labute approximate surface area is 331 Å². The molecule has 0 radical (unpaired) electrons. The van der Waals surface area contributed by atoms with Crippen molar-refractivity contribution in [2.24, 2.45) is 0 Å². The van der Waals surface area contributed by atoms with Crippen molar-refractivity contribution < 1.29 is 24.5 Å². The van der Waals surface area contributed by atoms with Crippen molar-refractivity contribution in [2.75, 3.05) is 13.2 Å². The molecule has 0 spiro atoms. The molecule has 9 heteroatoms. The summed E-state index contributed by atoms with van der Waals surface area (Å²) in [5.41, 5.74) is 6.66. The smallest absolute Gasteiger partial charge is 0.411 e. The average Bonchev–Trinajstić information content (AvgIpc) is 3.89. The molecule has 284 valence electrons. The molecule has 2 amide bonds. The number of imidazole rings is 1. The van der Waals surface area contributed by atoms with E-state index in [0.29, 0.717) is 12.1 Å². The quantitative estimate of drug-likeness (QED) is 0.0693. The number of amides is 2. The van der Waals surface area contributed by atoms with Crippen LogP contribution in [-0.4, -0.2) is 56.3 Å². The summed E-state index contributed by atoms with van der Waals surface area (Å²) in [7, 11) is 0. The molecule has 4 N–H and O–H groups in total. The van der Waals surface area contributed by atoms with Crippen molar-refractivity contribution >= 4 is 12.0 Å². The maximum atomic E-state index is 15.6. The molecule has 0 saturated heterocycles. The zero-order valence-electron chi connectivity index (χ0n) is 31.2. The third kappa shape index (κ3) is 7.23. The van der Waals surface area contributed by atoms with Crippen LogP contribution in [0.4, 0.5) is 4.79 Å². The van der Waals surface area contributed by atoms with Gasteiger partial charge in [0.1, 0.15) is 18.2 Å². The lowest BCUT2D eigenvalue weighted by atomic mass is 9.74. The van der Waals surface area contributed by atoms with Gasteiger partial charge in [0.05, 0.1) is 6.33 Å². The summed E-state index contributed by atoms with van der Waals surface area (Å²) in [4.78, 5) is 39.6. The van der Waals surface area contributed by atoms with Gasteiger partial charge in [0.2, 0.25) is 5.91 Å². The monoisotopic (exact) mass is 754 g/mol. The summed E-state index contributed by atoms with van der Waals surface area (Å²) < 4.78 is 6.55. The number of H-pyrrole nitrogens is 1. The van der Waals surface area contributed by atoms with E-state index in [2.05, 4.69) is 39.6 Å². The molecule has 1 aliphatic rings. The fraction of sp³-hybridized carbons (Fsp3) is 0.146. The Hall–Kier alpha value is -7.13. The second kappa shape index (κ2) is 16.3. The molecule has 0 unspecified atom stereocenters. The number of carbonyl (C=O) groups excluding carboxylic acids is 2. The molecule has 0 saturated carbocycles. The second-order valence-corrected chi connectivity index (χ2v) is 14.1. The minimum Gasteiger partial charge on any atom is -0.504 e. The van der Waals surface area contributed by atoms with Gasteiger partial charge >= 0.3 is 6.09 Å². The van der Waals surface area contributed by atoms with Gasteiger partial charge in [-0.3, -0.25) is 9.69 Å². The number of aromatic hydroxyl groups is 2. The maximum absolute atomic E-state index is 15.6. The molecule has 1 aliphatic carbocycles. The highest BCUT2D eigenvalue weighted by atomic mass is 16.6. The minimum atomic E-state index is -1.36. The number of hydrogen-bond acceptors (Lipinski definition) is 6. The zero-order chi connectivity index (χ0) is 39.2. The van der Waals surface area contributed by atoms with Crippen LogP contribution in [0, 0.1) is 0 Å². The van der Waals surface area contributed by atoms with Gasteiger partial charge in [-0.05, 0) is 63.1 Å². The SMILES string of the molecule is O=C(NCCc1ccc(O)c(O)c1)[C@@H](Cc1cnc[nH]1)N(C(=O)OCC1c2ccccc2-c2ccccc21)C(c1ccccc1)(c1ccccc1)c1ccccc1. The predicted molar refractivity (Wildman–Crippen MR) is 219 cm³/mol. The topological polar surface area (TPSA) is 128 Å². The molecule has 0 aliphatic heterocycles. The highest BCUT2D eigenvalue weighted by Crippen LogP contribution is 2.47. The third-order valence-electron chi connectivity index (χ3n) is 10.8. The van der Waals surface area contributed by atoms with Crippen molar-refractivity contribution in [3.63, 3.8) is 0 Å². The molecule has 0 bridgehead atoms. The lowest BCUT2D eigenvalue weighted by Crippen LogP contribution is -2.61. The first-order chi connectivity index (χ1) is 27.9. The van der Waals surface area contributed by atoms with Crippen LogP contribution in [0.5, 0.6) is 11.5 Å². The van der Waals surface area contributed by atoms with E-state index in [1.165, 1.54) is 12.1 Å². The number of carbonyl (C=O) groups is 2. The standard InChI is InChI=1S/C48H42N4O5/c53-44-25-24-33(28-45(44)54)26-27-50-46(55)43(29-37-30-49-32-51-37)52(47(56)57-31-42-40-22-12-10-20-38(40)39-21-11-13-23-41(39)42)48(34-14-4-1-5-15-34,35-16-6-2-7-17-35)36-18-8-3-9-19-36/h1-25,28,30,32,42-43,53-54H,26-27,29,31H2,(H,49,51)(H,50,55)/t43-/m1/s1. The van der Waals surface area contributed by atoms with Gasteiger partial charge in [0.15, 0.2) is 11.5 Å². The Kier molecular flexibility index (Phi) is 10.5. The first-order valence-corrected chi connectivity index (χ1v) is 19.0. The molecule has 0 fully saturated rings. The molecule has 8 rings (SSSR count). The zero-order valence-corrected chi connectivity index (χ0v) is 31.2. The number of aromatic amines is 1. The fourth-order valence-electron chi connectivity index (χ4n) is 8.20. The highest BCUT2D eigenvalue weighted by Gasteiger charge is 2.51. The van der Waals surface area contributed by atoms with E-state index in [1.54, 1.807) is 23.5 Å².